The maximum absolute atomic E-state index is 12.6. The minimum absolute atomic E-state index is 0. The SMILES string of the molecule is [C-]#[N+]c1ccc2ccc(CC(C(=O)OC)c3ccc(OC4CCN(C)C4)cc3)cc2c1.[V]. The predicted molar refractivity (Wildman–Crippen MR) is 122 cm³/mol. The molecule has 1 heterocycles. The second-order valence-electron chi connectivity index (χ2n) is 8.12. The predicted octanol–water partition coefficient (Wildman–Crippen LogP) is 4.97. The first-order chi connectivity index (χ1) is 15.1. The van der Waals surface area contributed by atoms with Gasteiger partial charge in [0.25, 0.3) is 0 Å². The molecule has 1 aliphatic rings. The Labute approximate surface area is 201 Å². The van der Waals surface area contributed by atoms with Crippen molar-refractivity contribution in [3.63, 3.8) is 0 Å². The van der Waals surface area contributed by atoms with E-state index in [4.69, 9.17) is 16.0 Å². The van der Waals surface area contributed by atoms with Crippen molar-refractivity contribution in [3.05, 3.63) is 83.2 Å². The molecule has 32 heavy (non-hydrogen) atoms. The van der Waals surface area contributed by atoms with Crippen LogP contribution in [0.3, 0.4) is 0 Å². The number of nitrogens with zero attached hydrogens (tertiary/aromatic N) is 2. The summed E-state index contributed by atoms with van der Waals surface area (Å²) in [5, 5.41) is 2.07. The average molecular weight is 465 g/mol. The van der Waals surface area contributed by atoms with Crippen molar-refractivity contribution in [1.29, 1.82) is 0 Å². The number of methoxy groups -OCH3 is 1. The third kappa shape index (κ3) is 5.52. The van der Waals surface area contributed by atoms with Crippen LogP contribution in [0.15, 0.2) is 60.7 Å². The fourth-order valence-electron chi connectivity index (χ4n) is 4.16. The van der Waals surface area contributed by atoms with Gasteiger partial charge >= 0.3 is 5.97 Å². The molecule has 0 saturated carbocycles. The Bertz CT molecular complexity index is 1120. The van der Waals surface area contributed by atoms with Crippen LogP contribution in [0.5, 0.6) is 5.75 Å². The zero-order valence-corrected chi connectivity index (χ0v) is 19.7. The zero-order valence-electron chi connectivity index (χ0n) is 18.3. The molecule has 0 aliphatic carbocycles. The quantitative estimate of drug-likeness (QED) is 0.381. The van der Waals surface area contributed by atoms with Gasteiger partial charge < -0.3 is 14.4 Å². The monoisotopic (exact) mass is 465 g/mol. The maximum Gasteiger partial charge on any atom is 0.313 e. The van der Waals surface area contributed by atoms with E-state index in [9.17, 15) is 4.79 Å². The van der Waals surface area contributed by atoms with E-state index in [-0.39, 0.29) is 30.6 Å². The van der Waals surface area contributed by atoms with Gasteiger partial charge in [0.2, 0.25) is 0 Å². The summed E-state index contributed by atoms with van der Waals surface area (Å²) in [5.41, 5.74) is 2.54. The van der Waals surface area contributed by atoms with E-state index < -0.39 is 5.92 Å². The molecule has 163 valence electrons. The van der Waals surface area contributed by atoms with Crippen LogP contribution < -0.4 is 4.74 Å². The molecule has 3 aromatic rings. The van der Waals surface area contributed by atoms with Gasteiger partial charge in [-0.1, -0.05) is 42.5 Å². The van der Waals surface area contributed by atoms with E-state index in [0.29, 0.717) is 12.1 Å². The number of esters is 1. The fraction of sp³-hybridized carbons (Fsp3) is 0.308. The smallest absolute Gasteiger partial charge is 0.313 e. The van der Waals surface area contributed by atoms with Gasteiger partial charge in [0.1, 0.15) is 11.9 Å². The van der Waals surface area contributed by atoms with Crippen molar-refractivity contribution in [2.75, 3.05) is 27.2 Å². The largest absolute Gasteiger partial charge is 0.489 e. The molecule has 0 N–H and O–H groups in total. The molecule has 1 fully saturated rings. The maximum atomic E-state index is 12.6. The van der Waals surface area contributed by atoms with Gasteiger partial charge in [-0.25, -0.2) is 4.85 Å². The van der Waals surface area contributed by atoms with Gasteiger partial charge in [-0.05, 0) is 60.0 Å². The second-order valence-corrected chi connectivity index (χ2v) is 8.12. The van der Waals surface area contributed by atoms with E-state index >= 15 is 0 Å². The summed E-state index contributed by atoms with van der Waals surface area (Å²) in [6, 6.07) is 19.5. The Hall–Kier alpha value is -2.78. The number of ether oxygens (including phenoxy) is 2. The van der Waals surface area contributed by atoms with Crippen LogP contribution in [-0.2, 0) is 34.5 Å². The summed E-state index contributed by atoms with van der Waals surface area (Å²) >= 11 is 0. The van der Waals surface area contributed by atoms with Crippen molar-refractivity contribution in [1.82, 2.24) is 4.90 Å². The first kappa shape index (κ1) is 23.9. The summed E-state index contributed by atoms with van der Waals surface area (Å²) < 4.78 is 11.2. The molecule has 1 saturated heterocycles. The molecule has 6 heteroatoms. The molecule has 1 radical (unpaired) electrons. The summed E-state index contributed by atoms with van der Waals surface area (Å²) in [6.45, 7) is 9.21. The van der Waals surface area contributed by atoms with Crippen LogP contribution in [0.25, 0.3) is 15.6 Å². The molecule has 1 aliphatic heterocycles. The molecule has 0 amide bonds. The van der Waals surface area contributed by atoms with Crippen molar-refractivity contribution < 1.29 is 32.8 Å². The van der Waals surface area contributed by atoms with Crippen LogP contribution >= 0.6 is 0 Å². The Balaban J connectivity index is 0.00000289. The number of likely N-dealkylation sites (N-methyl/N-ethyl adjacent to an activating group) is 1. The number of carbonyl (C=O) groups is 1. The third-order valence-electron chi connectivity index (χ3n) is 5.88. The van der Waals surface area contributed by atoms with Crippen LogP contribution in [0.4, 0.5) is 5.69 Å². The number of benzene rings is 3. The van der Waals surface area contributed by atoms with Gasteiger partial charge in [-0.15, -0.1) is 0 Å². The number of likely N-dealkylation sites (tertiary alicyclic amines) is 1. The number of hydrogen-bond donors (Lipinski definition) is 0. The van der Waals surface area contributed by atoms with Gasteiger partial charge in [0, 0.05) is 31.6 Å². The van der Waals surface area contributed by atoms with Crippen molar-refractivity contribution >= 4 is 22.4 Å². The van der Waals surface area contributed by atoms with E-state index in [2.05, 4.69) is 16.8 Å². The molecule has 3 aromatic carbocycles. The summed E-state index contributed by atoms with van der Waals surface area (Å²) in [7, 11) is 3.52. The summed E-state index contributed by atoms with van der Waals surface area (Å²) in [6.07, 6.45) is 1.77. The van der Waals surface area contributed by atoms with Gasteiger partial charge in [-0.3, -0.25) is 4.79 Å². The zero-order chi connectivity index (χ0) is 21.8. The van der Waals surface area contributed by atoms with Crippen LogP contribution in [-0.4, -0.2) is 44.2 Å². The summed E-state index contributed by atoms with van der Waals surface area (Å²) in [4.78, 5) is 18.4. The first-order valence-corrected chi connectivity index (χ1v) is 10.5. The van der Waals surface area contributed by atoms with E-state index in [0.717, 1.165) is 47.2 Å². The fourth-order valence-corrected chi connectivity index (χ4v) is 4.16. The van der Waals surface area contributed by atoms with E-state index in [1.54, 1.807) is 0 Å². The normalized spacial score (nSPS) is 16.7. The molecule has 2 unspecified atom stereocenters. The Kier molecular flexibility index (Phi) is 7.98. The Morgan fingerprint density at radius 1 is 1.12 bits per heavy atom. The molecule has 4 rings (SSSR count). The third-order valence-corrected chi connectivity index (χ3v) is 5.88. The van der Waals surface area contributed by atoms with Crippen molar-refractivity contribution in [2.45, 2.75) is 24.9 Å². The van der Waals surface area contributed by atoms with Crippen LogP contribution in [0.1, 0.15) is 23.5 Å². The Morgan fingerprint density at radius 2 is 1.88 bits per heavy atom. The first-order valence-electron chi connectivity index (χ1n) is 10.5. The second kappa shape index (κ2) is 10.7. The number of fused-ring (bicyclic) bond motifs is 1. The number of rotatable bonds is 6. The van der Waals surface area contributed by atoms with E-state index in [1.807, 2.05) is 60.7 Å². The molecular weight excluding hydrogens is 439 g/mol. The number of carbonyl (C=O) groups excluding carboxylic acids is 1. The van der Waals surface area contributed by atoms with Crippen molar-refractivity contribution in [2.24, 2.45) is 0 Å². The van der Waals surface area contributed by atoms with E-state index in [1.165, 1.54) is 7.11 Å². The molecule has 5 nitrogen and oxygen atoms in total. The van der Waals surface area contributed by atoms with Crippen LogP contribution in [0, 0.1) is 6.57 Å². The molecule has 0 spiro atoms. The average Bonchev–Trinajstić information content (AvgIpc) is 3.21. The van der Waals surface area contributed by atoms with Crippen LogP contribution in [0.2, 0.25) is 0 Å². The minimum Gasteiger partial charge on any atom is -0.489 e. The van der Waals surface area contributed by atoms with Crippen molar-refractivity contribution in [3.8, 4) is 5.75 Å². The molecule has 0 bridgehead atoms. The van der Waals surface area contributed by atoms with Gasteiger partial charge in [-0.2, -0.15) is 0 Å². The summed E-state index contributed by atoms with van der Waals surface area (Å²) in [5.74, 6) is 0.157. The minimum atomic E-state index is -0.404. The standard InChI is InChI=1S/C26H26N2O3.V/c1-27-22-9-6-19-5-4-18(14-21(19)16-22)15-25(26(29)30-3)20-7-10-23(11-8-20)31-24-12-13-28(2)17-24;/h4-11,14,16,24-25H,12-13,15,17H2,2-3H3;. The Morgan fingerprint density at radius 3 is 2.53 bits per heavy atom. The molecular formula is C26H26N2O3V. The molecule has 2 atom stereocenters. The topological polar surface area (TPSA) is 43.1 Å². The van der Waals surface area contributed by atoms with Gasteiger partial charge in [0.05, 0.1) is 19.6 Å². The van der Waals surface area contributed by atoms with Gasteiger partial charge in [0.15, 0.2) is 5.69 Å². The number of hydrogen-bond acceptors (Lipinski definition) is 4. The molecule has 0 aromatic heterocycles.